The maximum absolute atomic E-state index is 11.9. The number of amidine groups is 1. The number of amides is 1. The van der Waals surface area contributed by atoms with Crippen LogP contribution in [0, 0.1) is 11.3 Å². The lowest BCUT2D eigenvalue weighted by atomic mass is 10.1. The van der Waals surface area contributed by atoms with Crippen LogP contribution < -0.4 is 0 Å². The molecule has 3 rings (SSSR count). The van der Waals surface area contributed by atoms with Gasteiger partial charge in [0, 0.05) is 11.8 Å². The van der Waals surface area contributed by atoms with E-state index in [9.17, 15) is 13.2 Å². The van der Waals surface area contributed by atoms with Gasteiger partial charge in [-0.3, -0.25) is 4.79 Å². The topological polar surface area (TPSA) is 90.6 Å². The van der Waals surface area contributed by atoms with E-state index in [0.29, 0.717) is 11.7 Å². The van der Waals surface area contributed by atoms with E-state index in [1.165, 1.54) is 11.8 Å². The maximum Gasteiger partial charge on any atom is 0.262 e. The summed E-state index contributed by atoms with van der Waals surface area (Å²) in [5, 5.41) is 9.09. The largest absolute Gasteiger partial charge is 0.346 e. The fraction of sp³-hybridized carbons (Fsp3) is 0.438. The minimum Gasteiger partial charge on any atom is -0.346 e. The van der Waals surface area contributed by atoms with Crippen LogP contribution in [0.1, 0.15) is 12.0 Å². The Morgan fingerprint density at radius 1 is 1.33 bits per heavy atom. The molecule has 0 bridgehead atoms. The summed E-state index contributed by atoms with van der Waals surface area (Å²) in [6, 6.07) is 11.6. The van der Waals surface area contributed by atoms with E-state index >= 15 is 0 Å². The van der Waals surface area contributed by atoms with Crippen molar-refractivity contribution in [2.45, 2.75) is 24.1 Å². The maximum atomic E-state index is 11.9. The van der Waals surface area contributed by atoms with E-state index in [4.69, 9.17) is 5.26 Å². The molecule has 2 aliphatic rings. The van der Waals surface area contributed by atoms with Crippen LogP contribution in [-0.4, -0.2) is 53.7 Å². The number of aliphatic imine (C=N–C) groups is 1. The van der Waals surface area contributed by atoms with Gasteiger partial charge in [-0.25, -0.2) is 8.42 Å². The van der Waals surface area contributed by atoms with Gasteiger partial charge in [-0.1, -0.05) is 42.1 Å². The predicted octanol–water partition coefficient (Wildman–Crippen LogP) is 1.24. The van der Waals surface area contributed by atoms with Crippen LogP contribution in [0.5, 0.6) is 0 Å². The minimum absolute atomic E-state index is 0.0839. The van der Waals surface area contributed by atoms with Crippen molar-refractivity contribution in [3.05, 3.63) is 35.9 Å². The molecule has 2 aliphatic heterocycles. The van der Waals surface area contributed by atoms with Gasteiger partial charge in [0.2, 0.25) is 0 Å². The number of rotatable bonds is 4. The Morgan fingerprint density at radius 2 is 2.08 bits per heavy atom. The van der Waals surface area contributed by atoms with Crippen LogP contribution in [0.2, 0.25) is 0 Å². The summed E-state index contributed by atoms with van der Waals surface area (Å²) in [4.78, 5) is 17.7. The van der Waals surface area contributed by atoms with Gasteiger partial charge in [-0.05, 0) is 12.0 Å². The molecule has 0 spiro atoms. The number of benzene rings is 1. The summed E-state index contributed by atoms with van der Waals surface area (Å²) in [6.45, 7) is 0.604. The SMILES string of the molecule is N#CCC(=O)N=C1S[C@@H]2CS(=O)(=O)C[C@H]2N1CCc1ccccc1. The van der Waals surface area contributed by atoms with E-state index in [0.717, 1.165) is 12.0 Å². The molecule has 0 aromatic heterocycles. The summed E-state index contributed by atoms with van der Waals surface area (Å²) < 4.78 is 23.8. The van der Waals surface area contributed by atoms with Crippen molar-refractivity contribution in [1.29, 1.82) is 5.26 Å². The molecular formula is C16H17N3O3S2. The summed E-state index contributed by atoms with van der Waals surface area (Å²) in [6.07, 6.45) is 0.486. The zero-order valence-electron chi connectivity index (χ0n) is 13.0. The molecular weight excluding hydrogens is 346 g/mol. The Hall–Kier alpha value is -1.85. The summed E-state index contributed by atoms with van der Waals surface area (Å²) >= 11 is 1.35. The van der Waals surface area contributed by atoms with E-state index in [-0.39, 0.29) is 29.2 Å². The monoisotopic (exact) mass is 363 g/mol. The molecule has 2 fully saturated rings. The van der Waals surface area contributed by atoms with E-state index < -0.39 is 15.7 Å². The molecule has 1 aromatic rings. The molecule has 0 aliphatic carbocycles. The molecule has 6 nitrogen and oxygen atoms in total. The zero-order chi connectivity index (χ0) is 17.2. The van der Waals surface area contributed by atoms with Gasteiger partial charge in [-0.15, -0.1) is 0 Å². The summed E-state index contributed by atoms with van der Waals surface area (Å²) in [5.41, 5.74) is 1.15. The van der Waals surface area contributed by atoms with Crippen LogP contribution in [0.4, 0.5) is 0 Å². The average molecular weight is 363 g/mol. The molecule has 126 valence electrons. The molecule has 0 unspecified atom stereocenters. The van der Waals surface area contributed by atoms with E-state index in [2.05, 4.69) is 4.99 Å². The van der Waals surface area contributed by atoms with Crippen molar-refractivity contribution < 1.29 is 13.2 Å². The van der Waals surface area contributed by atoms with E-state index in [1.54, 1.807) is 6.07 Å². The number of nitrogens with zero attached hydrogens (tertiary/aromatic N) is 3. The molecule has 8 heteroatoms. The quantitative estimate of drug-likeness (QED) is 0.799. The smallest absolute Gasteiger partial charge is 0.262 e. The molecule has 24 heavy (non-hydrogen) atoms. The normalized spacial score (nSPS) is 26.3. The Kier molecular flexibility index (Phi) is 4.92. The van der Waals surface area contributed by atoms with Crippen molar-refractivity contribution in [3.8, 4) is 6.07 Å². The van der Waals surface area contributed by atoms with Gasteiger partial charge in [0.25, 0.3) is 5.91 Å². The van der Waals surface area contributed by atoms with Gasteiger partial charge in [0.1, 0.15) is 6.42 Å². The number of carbonyl (C=O) groups is 1. The van der Waals surface area contributed by atoms with Gasteiger partial charge in [0.15, 0.2) is 15.0 Å². The first-order valence-electron chi connectivity index (χ1n) is 7.64. The second-order valence-corrected chi connectivity index (χ2v) is 9.21. The first-order chi connectivity index (χ1) is 11.5. The number of hydrogen-bond donors (Lipinski definition) is 0. The highest BCUT2D eigenvalue weighted by molar-refractivity contribution is 8.15. The molecule has 1 aromatic carbocycles. The van der Waals surface area contributed by atoms with Gasteiger partial charge < -0.3 is 4.90 Å². The lowest BCUT2D eigenvalue weighted by Crippen LogP contribution is -2.39. The standard InChI is InChI=1S/C16H17N3O3S2/c17-8-6-15(20)18-16-19(9-7-12-4-2-1-3-5-12)13-10-24(21,22)11-14(13)23-16/h1-5,13-14H,6-7,9-11H2/t13-,14-/m1/s1. The van der Waals surface area contributed by atoms with Crippen LogP contribution >= 0.6 is 11.8 Å². The van der Waals surface area contributed by atoms with Crippen molar-refractivity contribution >= 4 is 32.7 Å². The fourth-order valence-corrected chi connectivity index (χ4v) is 7.00. The van der Waals surface area contributed by atoms with Gasteiger partial charge in [-0.2, -0.15) is 10.3 Å². The number of sulfone groups is 1. The third-order valence-electron chi connectivity index (χ3n) is 4.11. The third-order valence-corrected chi connectivity index (χ3v) is 7.36. The minimum atomic E-state index is -3.04. The van der Waals surface area contributed by atoms with Crippen LogP contribution in [0.25, 0.3) is 0 Å². The van der Waals surface area contributed by atoms with Crippen LogP contribution in [0.15, 0.2) is 35.3 Å². The second kappa shape index (κ2) is 6.95. The van der Waals surface area contributed by atoms with Crippen molar-refractivity contribution in [2.24, 2.45) is 4.99 Å². The average Bonchev–Trinajstić information content (AvgIpc) is 2.98. The first-order valence-corrected chi connectivity index (χ1v) is 10.3. The number of nitriles is 1. The van der Waals surface area contributed by atoms with E-state index in [1.807, 2.05) is 35.2 Å². The highest BCUT2D eigenvalue weighted by Gasteiger charge is 2.48. The highest BCUT2D eigenvalue weighted by Crippen LogP contribution is 2.38. The van der Waals surface area contributed by atoms with Gasteiger partial charge >= 0.3 is 0 Å². The first kappa shape index (κ1) is 17.0. The predicted molar refractivity (Wildman–Crippen MR) is 93.3 cm³/mol. The summed E-state index contributed by atoms with van der Waals surface area (Å²) in [5.74, 6) is -0.256. The van der Waals surface area contributed by atoms with Crippen molar-refractivity contribution in [3.63, 3.8) is 0 Å². The Bertz CT molecular complexity index is 800. The Morgan fingerprint density at radius 3 is 2.79 bits per heavy atom. The number of thioether (sulfide) groups is 1. The molecule has 1 amide bonds. The fourth-order valence-electron chi connectivity index (χ4n) is 3.01. The molecule has 0 N–H and O–H groups in total. The summed E-state index contributed by atoms with van der Waals surface area (Å²) in [7, 11) is -3.04. The molecule has 0 saturated carbocycles. The number of carbonyl (C=O) groups excluding carboxylic acids is 1. The zero-order valence-corrected chi connectivity index (χ0v) is 14.6. The van der Waals surface area contributed by atoms with Crippen LogP contribution in [0.3, 0.4) is 0 Å². The van der Waals surface area contributed by atoms with Crippen molar-refractivity contribution in [1.82, 2.24) is 4.90 Å². The highest BCUT2D eigenvalue weighted by atomic mass is 32.2. The Balaban J connectivity index is 1.79. The third kappa shape index (κ3) is 3.79. The van der Waals surface area contributed by atoms with Crippen LogP contribution in [-0.2, 0) is 21.1 Å². The Labute approximate surface area is 145 Å². The second-order valence-electron chi connectivity index (χ2n) is 5.85. The number of hydrogen-bond acceptors (Lipinski definition) is 5. The lowest BCUT2D eigenvalue weighted by molar-refractivity contribution is -0.116. The lowest BCUT2D eigenvalue weighted by Gasteiger charge is -2.24. The molecule has 2 saturated heterocycles. The molecule has 0 radical (unpaired) electrons. The number of fused-ring (bicyclic) bond motifs is 1. The van der Waals surface area contributed by atoms with Gasteiger partial charge in [0.05, 0.1) is 23.6 Å². The molecule has 2 heterocycles. The molecule has 2 atom stereocenters. The van der Waals surface area contributed by atoms with Crippen molar-refractivity contribution in [2.75, 3.05) is 18.1 Å².